The third-order valence-corrected chi connectivity index (χ3v) is 1.57. The third kappa shape index (κ3) is 1.86. The number of rotatable bonds is 2. The smallest absolute Gasteiger partial charge is 0.122 e. The van der Waals surface area contributed by atoms with Gasteiger partial charge in [-0.25, -0.2) is 0 Å². The largest absolute Gasteiger partial charge is 0.384 e. The molecule has 1 aromatic carbocycles. The van der Waals surface area contributed by atoms with Gasteiger partial charge in [0.1, 0.15) is 5.84 Å². The van der Waals surface area contributed by atoms with Crippen LogP contribution >= 0.6 is 0 Å². The minimum atomic E-state index is 0.0854. The Kier molecular flexibility index (Phi) is 2.49. The lowest BCUT2D eigenvalue weighted by atomic mass is 10.1. The van der Waals surface area contributed by atoms with Gasteiger partial charge in [-0.15, -0.1) is 12.3 Å². The predicted octanol–water partition coefficient (Wildman–Crippen LogP) is 1.15. The van der Waals surface area contributed by atoms with Crippen LogP contribution in [0.5, 0.6) is 0 Å². The van der Waals surface area contributed by atoms with Crippen LogP contribution in [0.2, 0.25) is 0 Å². The van der Waals surface area contributed by atoms with Crippen LogP contribution < -0.4 is 5.73 Å². The molecule has 0 amide bonds. The summed E-state index contributed by atoms with van der Waals surface area (Å²) in [7, 11) is 0. The van der Waals surface area contributed by atoms with Gasteiger partial charge >= 0.3 is 0 Å². The van der Waals surface area contributed by atoms with E-state index in [0.29, 0.717) is 6.42 Å². The molecule has 0 saturated carbocycles. The number of nitrogens with two attached hydrogens (primary N) is 1. The number of nitrogen functional groups attached to an aromatic ring is 1. The lowest BCUT2D eigenvalue weighted by Crippen LogP contribution is -2.10. The van der Waals surface area contributed by atoms with E-state index in [1.807, 2.05) is 12.1 Å². The molecule has 2 nitrogen and oxygen atoms in total. The number of benzene rings is 1. The molecular weight excluding hydrogens is 148 g/mol. The van der Waals surface area contributed by atoms with E-state index in [4.69, 9.17) is 17.6 Å². The maximum Gasteiger partial charge on any atom is 0.122 e. The molecule has 0 unspecified atom stereocenters. The Labute approximate surface area is 71.9 Å². The molecule has 2 heteroatoms. The monoisotopic (exact) mass is 158 g/mol. The molecule has 3 N–H and O–H groups in total. The van der Waals surface area contributed by atoms with Crippen molar-refractivity contribution in [1.82, 2.24) is 0 Å². The normalized spacial score (nSPS) is 8.92. The van der Waals surface area contributed by atoms with Crippen LogP contribution in [-0.2, 0) is 6.42 Å². The molecule has 0 aliphatic heterocycles. The third-order valence-electron chi connectivity index (χ3n) is 1.57. The Morgan fingerprint density at radius 2 is 2.00 bits per heavy atom. The summed E-state index contributed by atoms with van der Waals surface area (Å²) < 4.78 is 0. The van der Waals surface area contributed by atoms with Crippen molar-refractivity contribution in [3.63, 3.8) is 0 Å². The van der Waals surface area contributed by atoms with Gasteiger partial charge < -0.3 is 5.73 Å². The first-order valence-electron chi connectivity index (χ1n) is 3.61. The number of amidine groups is 1. The van der Waals surface area contributed by atoms with Crippen molar-refractivity contribution in [1.29, 1.82) is 5.41 Å². The van der Waals surface area contributed by atoms with Crippen molar-refractivity contribution in [3.05, 3.63) is 35.4 Å². The Morgan fingerprint density at radius 3 is 2.42 bits per heavy atom. The molecule has 0 atom stereocenters. The van der Waals surface area contributed by atoms with Gasteiger partial charge in [0.05, 0.1) is 0 Å². The molecule has 1 rings (SSSR count). The van der Waals surface area contributed by atoms with Crippen LogP contribution in [0.15, 0.2) is 24.3 Å². The van der Waals surface area contributed by atoms with Gasteiger partial charge in [0, 0.05) is 12.0 Å². The number of terminal acetylenes is 1. The average molecular weight is 158 g/mol. The topological polar surface area (TPSA) is 49.9 Å². The van der Waals surface area contributed by atoms with Crippen LogP contribution in [-0.4, -0.2) is 5.84 Å². The zero-order valence-electron chi connectivity index (χ0n) is 6.67. The van der Waals surface area contributed by atoms with Crippen LogP contribution in [0.4, 0.5) is 0 Å². The molecular formula is C10H10N2. The van der Waals surface area contributed by atoms with E-state index >= 15 is 0 Å². The Morgan fingerprint density at radius 1 is 1.42 bits per heavy atom. The fraction of sp³-hybridized carbons (Fsp3) is 0.100. The van der Waals surface area contributed by atoms with E-state index in [1.54, 1.807) is 12.1 Å². The molecule has 0 aliphatic carbocycles. The zero-order valence-corrected chi connectivity index (χ0v) is 6.67. The summed E-state index contributed by atoms with van der Waals surface area (Å²) in [5, 5.41) is 7.15. The summed E-state index contributed by atoms with van der Waals surface area (Å²) in [6.07, 6.45) is 5.76. The summed E-state index contributed by atoms with van der Waals surface area (Å²) in [6, 6.07) is 7.37. The second-order valence-corrected chi connectivity index (χ2v) is 2.49. The highest BCUT2D eigenvalue weighted by molar-refractivity contribution is 5.94. The fourth-order valence-corrected chi connectivity index (χ4v) is 0.920. The summed E-state index contributed by atoms with van der Waals surface area (Å²) in [6.45, 7) is 0. The van der Waals surface area contributed by atoms with Crippen molar-refractivity contribution in [2.75, 3.05) is 0 Å². The van der Waals surface area contributed by atoms with Gasteiger partial charge in [-0.1, -0.05) is 24.3 Å². The first kappa shape index (κ1) is 8.35. The van der Waals surface area contributed by atoms with Crippen LogP contribution in [0.25, 0.3) is 0 Å². The van der Waals surface area contributed by atoms with Gasteiger partial charge in [-0.2, -0.15) is 0 Å². The van der Waals surface area contributed by atoms with Crippen molar-refractivity contribution in [2.24, 2.45) is 5.73 Å². The van der Waals surface area contributed by atoms with Crippen LogP contribution in [0, 0.1) is 17.8 Å². The summed E-state index contributed by atoms with van der Waals surface area (Å²) >= 11 is 0. The molecule has 60 valence electrons. The van der Waals surface area contributed by atoms with Gasteiger partial charge in [0.2, 0.25) is 0 Å². The van der Waals surface area contributed by atoms with Crippen LogP contribution in [0.1, 0.15) is 11.1 Å². The molecule has 0 saturated heterocycles. The van der Waals surface area contributed by atoms with Crippen molar-refractivity contribution in [3.8, 4) is 12.3 Å². The van der Waals surface area contributed by atoms with E-state index in [2.05, 4.69) is 5.92 Å². The molecule has 0 spiro atoms. The summed E-state index contributed by atoms with van der Waals surface area (Å²) in [4.78, 5) is 0. The van der Waals surface area contributed by atoms with E-state index in [9.17, 15) is 0 Å². The highest BCUT2D eigenvalue weighted by atomic mass is 14.7. The Hall–Kier alpha value is -1.75. The van der Waals surface area contributed by atoms with Gasteiger partial charge in [0.25, 0.3) is 0 Å². The van der Waals surface area contributed by atoms with Gasteiger partial charge in [-0.05, 0) is 5.56 Å². The first-order chi connectivity index (χ1) is 5.74. The highest BCUT2D eigenvalue weighted by Gasteiger charge is 1.94. The Bertz CT molecular complexity index is 317. The molecule has 0 aromatic heterocycles. The minimum absolute atomic E-state index is 0.0854. The molecule has 0 aliphatic rings. The highest BCUT2D eigenvalue weighted by Crippen LogP contribution is 2.03. The molecule has 12 heavy (non-hydrogen) atoms. The zero-order chi connectivity index (χ0) is 8.97. The van der Waals surface area contributed by atoms with Crippen molar-refractivity contribution < 1.29 is 0 Å². The standard InChI is InChI=1S/C10H10N2/c1-2-3-8-4-6-9(7-5-8)10(11)12/h1,4-7H,3H2,(H3,11,12). The van der Waals surface area contributed by atoms with E-state index < -0.39 is 0 Å². The second-order valence-electron chi connectivity index (χ2n) is 2.49. The van der Waals surface area contributed by atoms with E-state index in [1.165, 1.54) is 0 Å². The molecule has 0 heterocycles. The van der Waals surface area contributed by atoms with Gasteiger partial charge in [0.15, 0.2) is 0 Å². The fourth-order valence-electron chi connectivity index (χ4n) is 0.920. The number of hydrogen-bond donors (Lipinski definition) is 2. The molecule has 1 aromatic rings. The van der Waals surface area contributed by atoms with Crippen molar-refractivity contribution >= 4 is 5.84 Å². The van der Waals surface area contributed by atoms with E-state index in [-0.39, 0.29) is 5.84 Å². The minimum Gasteiger partial charge on any atom is -0.384 e. The lowest BCUT2D eigenvalue weighted by Gasteiger charge is -1.98. The summed E-state index contributed by atoms with van der Waals surface area (Å²) in [5.41, 5.74) is 7.08. The van der Waals surface area contributed by atoms with E-state index in [0.717, 1.165) is 11.1 Å². The molecule has 0 bridgehead atoms. The maximum absolute atomic E-state index is 7.15. The lowest BCUT2D eigenvalue weighted by molar-refractivity contribution is 1.31. The van der Waals surface area contributed by atoms with Gasteiger partial charge in [-0.3, -0.25) is 5.41 Å². The quantitative estimate of drug-likeness (QED) is 0.378. The van der Waals surface area contributed by atoms with Crippen LogP contribution in [0.3, 0.4) is 0 Å². The molecule has 0 radical (unpaired) electrons. The molecule has 0 fully saturated rings. The Balaban J connectivity index is 2.87. The second kappa shape index (κ2) is 3.59. The average Bonchev–Trinajstić information content (AvgIpc) is 2.06. The first-order valence-corrected chi connectivity index (χ1v) is 3.61. The predicted molar refractivity (Wildman–Crippen MR) is 50.0 cm³/mol. The maximum atomic E-state index is 7.15. The van der Waals surface area contributed by atoms with Crippen molar-refractivity contribution in [2.45, 2.75) is 6.42 Å². The number of hydrogen-bond acceptors (Lipinski definition) is 1. The number of nitrogens with one attached hydrogen (secondary N) is 1. The summed E-state index contributed by atoms with van der Waals surface area (Å²) in [5.74, 6) is 2.63. The SMILES string of the molecule is C#CCc1ccc(C(=N)N)cc1.